The highest BCUT2D eigenvalue weighted by Gasteiger charge is 2.14. The van der Waals surface area contributed by atoms with Gasteiger partial charge in [0.1, 0.15) is 29.8 Å². The maximum Gasteiger partial charge on any atom is 0.349 e. The Kier molecular flexibility index (Phi) is 7.19. The average Bonchev–Trinajstić information content (AvgIpc) is 2.61. The number of rotatable bonds is 6. The van der Waals surface area contributed by atoms with E-state index in [2.05, 4.69) is 0 Å². The molecule has 0 bridgehead atoms. The molecule has 0 radical (unpaired) electrons. The molecule has 146 valence electrons. The van der Waals surface area contributed by atoms with Crippen molar-refractivity contribution in [3.05, 3.63) is 69.0 Å². The van der Waals surface area contributed by atoms with Crippen LogP contribution in [0.1, 0.15) is 36.1 Å². The predicted molar refractivity (Wildman–Crippen MR) is 106 cm³/mol. The molecule has 2 rings (SSSR count). The Morgan fingerprint density at radius 1 is 1.29 bits per heavy atom. The second-order valence-electron chi connectivity index (χ2n) is 6.63. The summed E-state index contributed by atoms with van der Waals surface area (Å²) in [5.74, 6) is -0.720. The van der Waals surface area contributed by atoms with Crippen LogP contribution >= 0.6 is 11.6 Å². The maximum atomic E-state index is 13.2. The van der Waals surface area contributed by atoms with Gasteiger partial charge < -0.3 is 9.47 Å². The fraction of sp³-hybridized carbons (Fsp3) is 0.273. The summed E-state index contributed by atoms with van der Waals surface area (Å²) in [7, 11) is 0. The lowest BCUT2D eigenvalue weighted by molar-refractivity contribution is -0.142. The lowest BCUT2D eigenvalue weighted by Crippen LogP contribution is -2.13. The third kappa shape index (κ3) is 5.58. The summed E-state index contributed by atoms with van der Waals surface area (Å²) < 4.78 is 24.0. The summed E-state index contributed by atoms with van der Waals surface area (Å²) in [4.78, 5) is 12.1. The van der Waals surface area contributed by atoms with Crippen molar-refractivity contribution in [3.63, 3.8) is 0 Å². The van der Waals surface area contributed by atoms with Crippen molar-refractivity contribution in [2.45, 2.75) is 40.4 Å². The average molecular weight is 402 g/mol. The molecule has 0 spiro atoms. The minimum absolute atomic E-state index is 0.0733. The molecule has 0 aliphatic heterocycles. The van der Waals surface area contributed by atoms with Crippen LogP contribution < -0.4 is 4.74 Å². The van der Waals surface area contributed by atoms with E-state index in [1.54, 1.807) is 13.8 Å². The summed E-state index contributed by atoms with van der Waals surface area (Å²) in [5, 5.41) is 9.50. The van der Waals surface area contributed by atoms with E-state index in [1.807, 2.05) is 32.0 Å². The van der Waals surface area contributed by atoms with Crippen molar-refractivity contribution in [2.75, 3.05) is 0 Å². The minimum Gasteiger partial charge on any atom is -0.487 e. The van der Waals surface area contributed by atoms with Crippen molar-refractivity contribution in [1.29, 1.82) is 5.26 Å². The molecule has 2 aromatic carbocycles. The molecule has 2 aromatic rings. The van der Waals surface area contributed by atoms with Crippen LogP contribution in [0.4, 0.5) is 4.39 Å². The Balaban J connectivity index is 2.31. The molecule has 0 amide bonds. The number of benzene rings is 2. The first kappa shape index (κ1) is 21.5. The van der Waals surface area contributed by atoms with Gasteiger partial charge in [-0.25, -0.2) is 9.18 Å². The molecule has 0 N–H and O–H groups in total. The van der Waals surface area contributed by atoms with Gasteiger partial charge in [-0.2, -0.15) is 5.26 Å². The van der Waals surface area contributed by atoms with Gasteiger partial charge in [-0.1, -0.05) is 29.3 Å². The summed E-state index contributed by atoms with van der Waals surface area (Å²) >= 11 is 6.00. The van der Waals surface area contributed by atoms with Crippen LogP contribution in [0.5, 0.6) is 5.75 Å². The summed E-state index contributed by atoms with van der Waals surface area (Å²) in [6.07, 6.45) is 1.20. The van der Waals surface area contributed by atoms with Crippen molar-refractivity contribution in [2.24, 2.45) is 0 Å². The van der Waals surface area contributed by atoms with E-state index in [4.69, 9.17) is 21.1 Å². The van der Waals surface area contributed by atoms with Crippen LogP contribution in [-0.2, 0) is 16.1 Å². The Hall–Kier alpha value is -2.84. The van der Waals surface area contributed by atoms with Gasteiger partial charge in [-0.05, 0) is 68.7 Å². The van der Waals surface area contributed by atoms with Crippen LogP contribution in [0.25, 0.3) is 6.08 Å². The molecule has 0 atom stereocenters. The second-order valence-corrected chi connectivity index (χ2v) is 7.03. The quantitative estimate of drug-likeness (QED) is 0.362. The Bertz CT molecular complexity index is 961. The van der Waals surface area contributed by atoms with Crippen molar-refractivity contribution < 1.29 is 18.7 Å². The van der Waals surface area contributed by atoms with E-state index in [-0.39, 0.29) is 23.3 Å². The molecule has 6 heteroatoms. The molecule has 0 unspecified atom stereocenters. The molecular weight excluding hydrogens is 381 g/mol. The molecule has 0 fully saturated rings. The van der Waals surface area contributed by atoms with Crippen LogP contribution in [0.15, 0.2) is 35.9 Å². The molecular formula is C22H21ClFNO3. The molecule has 0 heterocycles. The lowest BCUT2D eigenvalue weighted by atomic mass is 9.98. The topological polar surface area (TPSA) is 59.3 Å². The van der Waals surface area contributed by atoms with Crippen molar-refractivity contribution in [3.8, 4) is 11.8 Å². The largest absolute Gasteiger partial charge is 0.487 e. The summed E-state index contributed by atoms with van der Waals surface area (Å²) in [6.45, 7) is 7.43. The number of hydrogen-bond acceptors (Lipinski definition) is 4. The molecule has 0 saturated carbocycles. The van der Waals surface area contributed by atoms with Crippen LogP contribution in [0.2, 0.25) is 5.02 Å². The van der Waals surface area contributed by atoms with Gasteiger partial charge in [0.2, 0.25) is 0 Å². The fourth-order valence-corrected chi connectivity index (χ4v) is 2.80. The number of esters is 1. The Labute approximate surface area is 169 Å². The molecule has 0 aliphatic rings. The molecule has 0 aromatic heterocycles. The first-order valence-corrected chi connectivity index (χ1v) is 9.09. The molecule has 0 aliphatic carbocycles. The lowest BCUT2D eigenvalue weighted by Gasteiger charge is -2.14. The maximum absolute atomic E-state index is 13.2. The first-order chi connectivity index (χ1) is 13.2. The zero-order valence-electron chi connectivity index (χ0n) is 16.2. The Morgan fingerprint density at radius 3 is 2.61 bits per heavy atom. The third-order valence-electron chi connectivity index (χ3n) is 3.96. The Morgan fingerprint density at radius 2 is 2.00 bits per heavy atom. The van der Waals surface area contributed by atoms with Crippen molar-refractivity contribution >= 4 is 23.6 Å². The molecule has 0 saturated heterocycles. The van der Waals surface area contributed by atoms with Crippen LogP contribution in [0, 0.1) is 31.0 Å². The smallest absolute Gasteiger partial charge is 0.349 e. The van der Waals surface area contributed by atoms with Gasteiger partial charge in [-0.3, -0.25) is 0 Å². The van der Waals surface area contributed by atoms with Gasteiger partial charge in [0.15, 0.2) is 0 Å². The number of nitrogens with zero attached hydrogens (tertiary/aromatic N) is 1. The number of carbonyl (C=O) groups excluding carboxylic acids is 1. The van der Waals surface area contributed by atoms with Crippen LogP contribution in [0.3, 0.4) is 0 Å². The third-order valence-corrected chi connectivity index (χ3v) is 4.26. The predicted octanol–water partition coefficient (Wildman–Crippen LogP) is 5.53. The van der Waals surface area contributed by atoms with E-state index in [1.165, 1.54) is 24.3 Å². The molecule has 28 heavy (non-hydrogen) atoms. The van der Waals surface area contributed by atoms with Crippen molar-refractivity contribution in [1.82, 2.24) is 0 Å². The summed E-state index contributed by atoms with van der Waals surface area (Å²) in [5.41, 5.74) is 3.31. The number of ether oxygens (including phenoxy) is 2. The van der Waals surface area contributed by atoms with Gasteiger partial charge in [0, 0.05) is 0 Å². The first-order valence-electron chi connectivity index (χ1n) is 8.72. The molecule has 4 nitrogen and oxygen atoms in total. The number of nitriles is 1. The SMILES string of the molecule is Cc1cc(/C=C(\C#N)C(=O)OC(C)C)c(C)c(COc2ccc(F)cc2Cl)c1. The highest BCUT2D eigenvalue weighted by molar-refractivity contribution is 6.32. The highest BCUT2D eigenvalue weighted by atomic mass is 35.5. The van der Waals surface area contributed by atoms with Gasteiger partial charge in [-0.15, -0.1) is 0 Å². The van der Waals surface area contributed by atoms with Crippen LogP contribution in [-0.4, -0.2) is 12.1 Å². The zero-order valence-corrected chi connectivity index (χ0v) is 16.9. The highest BCUT2D eigenvalue weighted by Crippen LogP contribution is 2.27. The van der Waals surface area contributed by atoms with E-state index in [0.29, 0.717) is 5.75 Å². The number of halogens is 2. The normalized spacial score (nSPS) is 11.3. The number of carbonyl (C=O) groups is 1. The second kappa shape index (κ2) is 9.38. The van der Waals surface area contributed by atoms with E-state index < -0.39 is 11.8 Å². The van der Waals surface area contributed by atoms with Gasteiger partial charge in [0.25, 0.3) is 0 Å². The standard InChI is InChI=1S/C22H21ClFNO3/c1-13(2)28-22(26)17(11-25)9-16-7-14(3)8-18(15(16)4)12-27-21-6-5-19(24)10-20(21)23/h5-10,13H,12H2,1-4H3/b17-9+. The van der Waals surface area contributed by atoms with E-state index in [0.717, 1.165) is 22.3 Å². The van der Waals surface area contributed by atoms with Gasteiger partial charge in [0.05, 0.1) is 11.1 Å². The summed E-state index contributed by atoms with van der Waals surface area (Å²) in [6, 6.07) is 9.66. The fourth-order valence-electron chi connectivity index (χ4n) is 2.58. The van der Waals surface area contributed by atoms with E-state index in [9.17, 15) is 14.4 Å². The minimum atomic E-state index is -0.658. The zero-order chi connectivity index (χ0) is 20.8. The monoisotopic (exact) mass is 401 g/mol. The van der Waals surface area contributed by atoms with E-state index >= 15 is 0 Å². The number of aryl methyl sites for hydroxylation is 1. The van der Waals surface area contributed by atoms with Gasteiger partial charge >= 0.3 is 5.97 Å². The number of hydrogen-bond donors (Lipinski definition) is 0.